The summed E-state index contributed by atoms with van der Waals surface area (Å²) in [4.78, 5) is 4.85. The number of hydrogen-bond donors (Lipinski definition) is 2. The molecule has 0 saturated heterocycles. The van der Waals surface area contributed by atoms with Crippen molar-refractivity contribution in [1.29, 1.82) is 0 Å². The van der Waals surface area contributed by atoms with Gasteiger partial charge in [-0.2, -0.15) is 0 Å². The van der Waals surface area contributed by atoms with Crippen molar-refractivity contribution in [3.05, 3.63) is 76.0 Å². The predicted octanol–water partition coefficient (Wildman–Crippen LogP) is 4.84. The first-order chi connectivity index (χ1) is 13.1. The zero-order valence-corrected chi connectivity index (χ0v) is 15.3. The van der Waals surface area contributed by atoms with Crippen molar-refractivity contribution in [2.75, 3.05) is 5.73 Å². The second kappa shape index (κ2) is 6.02. The molecule has 0 fully saturated rings. The van der Waals surface area contributed by atoms with E-state index in [9.17, 15) is 5.11 Å². The topological polar surface area (TPSA) is 68.4 Å². The number of hydrogen-bond acceptors (Lipinski definition) is 4. The molecule has 27 heavy (non-hydrogen) atoms. The van der Waals surface area contributed by atoms with Crippen LogP contribution in [0, 0.1) is 6.92 Å². The molecule has 1 aromatic heterocycles. The van der Waals surface area contributed by atoms with Gasteiger partial charge in [-0.05, 0) is 55.9 Å². The van der Waals surface area contributed by atoms with E-state index < -0.39 is 0 Å². The summed E-state index contributed by atoms with van der Waals surface area (Å²) in [5.41, 5.74) is 13.6. The van der Waals surface area contributed by atoms with Crippen molar-refractivity contribution in [1.82, 2.24) is 4.98 Å². The van der Waals surface area contributed by atoms with E-state index in [1.54, 1.807) is 12.1 Å². The maximum absolute atomic E-state index is 10.7. The molecule has 3 N–H and O–H groups in total. The summed E-state index contributed by atoms with van der Waals surface area (Å²) in [6.45, 7) is 2.07. The average molecular weight is 358 g/mol. The number of rotatable bonds is 1. The molecule has 1 atom stereocenters. The Morgan fingerprint density at radius 3 is 2.63 bits per heavy atom. The highest BCUT2D eigenvalue weighted by Crippen LogP contribution is 2.52. The maximum atomic E-state index is 10.7. The summed E-state index contributed by atoms with van der Waals surface area (Å²) in [6.07, 6.45) is 4.17. The third kappa shape index (κ3) is 2.47. The minimum Gasteiger partial charge on any atom is -0.507 e. The summed E-state index contributed by atoms with van der Waals surface area (Å²) in [7, 11) is 0. The number of phenols is 1. The Morgan fingerprint density at radius 2 is 1.81 bits per heavy atom. The van der Waals surface area contributed by atoms with Crippen LogP contribution in [0.15, 0.2) is 42.5 Å². The van der Waals surface area contributed by atoms with Crippen LogP contribution in [0.5, 0.6) is 17.4 Å². The van der Waals surface area contributed by atoms with Gasteiger partial charge < -0.3 is 15.6 Å². The minimum absolute atomic E-state index is 0.190. The monoisotopic (exact) mass is 358 g/mol. The largest absolute Gasteiger partial charge is 0.507 e. The molecule has 0 spiro atoms. The molecule has 1 aliphatic carbocycles. The molecule has 4 heteroatoms. The zero-order valence-electron chi connectivity index (χ0n) is 15.3. The van der Waals surface area contributed by atoms with Gasteiger partial charge in [-0.25, -0.2) is 4.98 Å². The van der Waals surface area contributed by atoms with Gasteiger partial charge in [0.2, 0.25) is 5.88 Å². The first kappa shape index (κ1) is 16.2. The Bertz CT molecular complexity index is 1040. The van der Waals surface area contributed by atoms with E-state index >= 15 is 0 Å². The van der Waals surface area contributed by atoms with Gasteiger partial charge in [0, 0.05) is 22.9 Å². The van der Waals surface area contributed by atoms with Gasteiger partial charge in [0.1, 0.15) is 11.5 Å². The van der Waals surface area contributed by atoms with E-state index in [1.165, 1.54) is 5.56 Å². The van der Waals surface area contributed by atoms with Gasteiger partial charge in [-0.3, -0.25) is 0 Å². The predicted molar refractivity (Wildman–Crippen MR) is 106 cm³/mol. The van der Waals surface area contributed by atoms with Crippen LogP contribution in [0.25, 0.3) is 0 Å². The molecule has 2 heterocycles. The Morgan fingerprint density at radius 1 is 1.04 bits per heavy atom. The van der Waals surface area contributed by atoms with Crippen LogP contribution < -0.4 is 10.5 Å². The van der Waals surface area contributed by atoms with Gasteiger partial charge >= 0.3 is 0 Å². The lowest BCUT2D eigenvalue weighted by Gasteiger charge is -2.32. The number of aromatic hydroxyl groups is 1. The van der Waals surface area contributed by atoms with E-state index in [0.717, 1.165) is 59.3 Å². The highest BCUT2D eigenvalue weighted by atomic mass is 16.5. The molecule has 136 valence electrons. The molecule has 3 aromatic rings. The molecule has 1 aliphatic heterocycles. The van der Waals surface area contributed by atoms with Crippen LogP contribution in [0.4, 0.5) is 5.69 Å². The summed E-state index contributed by atoms with van der Waals surface area (Å²) in [6, 6.07) is 13.8. The van der Waals surface area contributed by atoms with Crippen LogP contribution in [-0.2, 0) is 12.8 Å². The van der Waals surface area contributed by atoms with E-state index in [2.05, 4.69) is 31.2 Å². The second-order valence-corrected chi connectivity index (χ2v) is 7.51. The van der Waals surface area contributed by atoms with Gasteiger partial charge in [0.15, 0.2) is 0 Å². The molecule has 0 radical (unpaired) electrons. The highest BCUT2D eigenvalue weighted by molar-refractivity contribution is 5.70. The molecule has 5 rings (SSSR count). The van der Waals surface area contributed by atoms with Crippen molar-refractivity contribution in [2.24, 2.45) is 0 Å². The number of phenolic OH excluding ortho intramolecular Hbond substituents is 1. The number of nitrogen functional groups attached to an aromatic ring is 1. The van der Waals surface area contributed by atoms with E-state index in [4.69, 9.17) is 15.5 Å². The fourth-order valence-electron chi connectivity index (χ4n) is 4.37. The Kier molecular flexibility index (Phi) is 3.61. The summed E-state index contributed by atoms with van der Waals surface area (Å²) in [5.74, 6) is 1.26. The average Bonchev–Trinajstić information content (AvgIpc) is 2.68. The highest BCUT2D eigenvalue weighted by Gasteiger charge is 2.36. The molecule has 1 unspecified atom stereocenters. The second-order valence-electron chi connectivity index (χ2n) is 7.51. The number of fused-ring (bicyclic) bond motifs is 3. The Hall–Kier alpha value is -3.01. The number of benzene rings is 2. The number of nitrogens with zero attached hydrogens (tertiary/aromatic N) is 1. The summed E-state index contributed by atoms with van der Waals surface area (Å²) in [5, 5.41) is 10.7. The van der Waals surface area contributed by atoms with Crippen molar-refractivity contribution in [2.45, 2.75) is 38.5 Å². The quantitative estimate of drug-likeness (QED) is 0.511. The lowest BCUT2D eigenvalue weighted by atomic mass is 9.80. The smallest absolute Gasteiger partial charge is 0.225 e. The van der Waals surface area contributed by atoms with E-state index in [1.807, 2.05) is 6.07 Å². The fourth-order valence-corrected chi connectivity index (χ4v) is 4.37. The number of ether oxygens (including phenoxy) is 1. The standard InChI is InChI=1S/C23H22N2O2/c1-13-9-11-14(12-10-13)19-20-17(26)7-4-8-18(20)27-23-21(19)22(24)15-5-2-3-6-16(15)25-23/h4,7-12,19,26H,2-3,5-6H2,1H3,(H2,24,25). The summed E-state index contributed by atoms with van der Waals surface area (Å²) >= 11 is 0. The Labute approximate surface area is 158 Å². The molecule has 4 nitrogen and oxygen atoms in total. The number of nitrogens with two attached hydrogens (primary N) is 1. The molecule has 0 amide bonds. The third-order valence-electron chi connectivity index (χ3n) is 5.76. The first-order valence-electron chi connectivity index (χ1n) is 9.51. The minimum atomic E-state index is -0.190. The fraction of sp³-hybridized carbons (Fsp3) is 0.261. The van der Waals surface area contributed by atoms with Gasteiger partial charge in [-0.1, -0.05) is 35.9 Å². The van der Waals surface area contributed by atoms with Crippen molar-refractivity contribution in [3.63, 3.8) is 0 Å². The van der Waals surface area contributed by atoms with Gasteiger partial charge in [0.05, 0.1) is 5.56 Å². The van der Waals surface area contributed by atoms with Crippen LogP contribution in [0.3, 0.4) is 0 Å². The SMILES string of the molecule is Cc1ccc(C2c3c(O)cccc3Oc3nc4c(c(N)c32)CCCC4)cc1. The maximum Gasteiger partial charge on any atom is 0.225 e. The van der Waals surface area contributed by atoms with Crippen LogP contribution >= 0.6 is 0 Å². The number of aryl methyl sites for hydroxylation is 2. The lowest BCUT2D eigenvalue weighted by molar-refractivity contribution is 0.411. The summed E-state index contributed by atoms with van der Waals surface area (Å²) < 4.78 is 6.13. The zero-order chi connectivity index (χ0) is 18.5. The number of aromatic nitrogens is 1. The molecule has 2 aliphatic rings. The Balaban J connectivity index is 1.80. The van der Waals surface area contributed by atoms with Crippen LogP contribution in [0.2, 0.25) is 0 Å². The molecule has 0 bridgehead atoms. The van der Waals surface area contributed by atoms with Crippen LogP contribution in [-0.4, -0.2) is 10.1 Å². The number of anilines is 1. The lowest BCUT2D eigenvalue weighted by Crippen LogP contribution is -2.19. The third-order valence-corrected chi connectivity index (χ3v) is 5.76. The normalized spacial score (nSPS) is 17.4. The van der Waals surface area contributed by atoms with E-state index in [-0.39, 0.29) is 11.7 Å². The van der Waals surface area contributed by atoms with Gasteiger partial charge in [-0.15, -0.1) is 0 Å². The van der Waals surface area contributed by atoms with Gasteiger partial charge in [0.25, 0.3) is 0 Å². The van der Waals surface area contributed by atoms with Crippen molar-refractivity contribution < 1.29 is 9.84 Å². The van der Waals surface area contributed by atoms with Crippen LogP contribution in [0.1, 0.15) is 52.3 Å². The molecular weight excluding hydrogens is 336 g/mol. The first-order valence-corrected chi connectivity index (χ1v) is 9.51. The molecule has 2 aromatic carbocycles. The number of pyridine rings is 1. The van der Waals surface area contributed by atoms with E-state index in [0.29, 0.717) is 11.6 Å². The molecular formula is C23H22N2O2. The molecule has 0 saturated carbocycles. The van der Waals surface area contributed by atoms with Crippen molar-refractivity contribution >= 4 is 5.69 Å². The van der Waals surface area contributed by atoms with Crippen molar-refractivity contribution in [3.8, 4) is 17.4 Å².